The van der Waals surface area contributed by atoms with Crippen molar-refractivity contribution in [3.05, 3.63) is 48.2 Å². The van der Waals surface area contributed by atoms with Crippen LogP contribution in [0.2, 0.25) is 0 Å². The summed E-state index contributed by atoms with van der Waals surface area (Å²) in [5.74, 6) is -1.03. The van der Waals surface area contributed by atoms with Crippen LogP contribution in [-0.2, 0) is 9.53 Å². The lowest BCUT2D eigenvalue weighted by Crippen LogP contribution is -2.32. The smallest absolute Gasteiger partial charge is 0.309 e. The number of esters is 1. The zero-order valence-electron chi connectivity index (χ0n) is 11.8. The molecule has 0 spiro atoms. The number of aromatic nitrogens is 1. The highest BCUT2D eigenvalue weighted by molar-refractivity contribution is 6.10. The van der Waals surface area contributed by atoms with Crippen molar-refractivity contribution in [1.29, 1.82) is 0 Å². The lowest BCUT2D eigenvalue weighted by Gasteiger charge is -2.25. The molecule has 21 heavy (non-hydrogen) atoms. The van der Waals surface area contributed by atoms with Crippen LogP contribution in [0, 0.1) is 11.8 Å². The third-order valence-corrected chi connectivity index (χ3v) is 4.13. The molecule has 1 aliphatic carbocycles. The van der Waals surface area contributed by atoms with E-state index < -0.39 is 0 Å². The second-order valence-corrected chi connectivity index (χ2v) is 5.29. The number of aromatic amines is 1. The molecule has 1 heterocycles. The van der Waals surface area contributed by atoms with E-state index in [0.29, 0.717) is 18.4 Å². The van der Waals surface area contributed by atoms with Crippen LogP contribution < -0.4 is 0 Å². The van der Waals surface area contributed by atoms with Gasteiger partial charge in [-0.1, -0.05) is 30.4 Å². The molecule has 3 rings (SSSR count). The molecule has 1 aliphatic rings. The Hall–Kier alpha value is -2.36. The van der Waals surface area contributed by atoms with Gasteiger partial charge >= 0.3 is 5.97 Å². The highest BCUT2D eigenvalue weighted by atomic mass is 16.5. The lowest BCUT2D eigenvalue weighted by atomic mass is 9.78. The van der Waals surface area contributed by atoms with Gasteiger partial charge in [0.25, 0.3) is 0 Å². The van der Waals surface area contributed by atoms with Crippen molar-refractivity contribution in [2.24, 2.45) is 11.8 Å². The van der Waals surface area contributed by atoms with Crippen LogP contribution in [0.4, 0.5) is 0 Å². The van der Waals surface area contributed by atoms with Gasteiger partial charge in [0.1, 0.15) is 0 Å². The lowest BCUT2D eigenvalue weighted by molar-refractivity contribution is -0.146. The summed E-state index contributed by atoms with van der Waals surface area (Å²) in [7, 11) is 1.37. The Morgan fingerprint density at radius 1 is 1.14 bits per heavy atom. The third-order valence-electron chi connectivity index (χ3n) is 4.13. The van der Waals surface area contributed by atoms with Crippen LogP contribution in [0.1, 0.15) is 23.2 Å². The number of carbonyl (C=O) groups excluding carboxylic acids is 2. The average molecular weight is 283 g/mol. The summed E-state index contributed by atoms with van der Waals surface area (Å²) < 4.78 is 4.84. The number of ketones is 1. The van der Waals surface area contributed by atoms with Crippen molar-refractivity contribution in [3.63, 3.8) is 0 Å². The minimum absolute atomic E-state index is 0.00667. The summed E-state index contributed by atoms with van der Waals surface area (Å²) in [6, 6.07) is 7.69. The number of carbonyl (C=O) groups is 2. The Kier molecular flexibility index (Phi) is 3.60. The molecule has 1 aromatic heterocycles. The maximum absolute atomic E-state index is 12.8. The van der Waals surface area contributed by atoms with Gasteiger partial charge in [-0.25, -0.2) is 0 Å². The highest BCUT2D eigenvalue weighted by Crippen LogP contribution is 2.31. The number of para-hydroxylation sites is 1. The van der Waals surface area contributed by atoms with Crippen molar-refractivity contribution in [3.8, 4) is 0 Å². The Morgan fingerprint density at radius 2 is 1.86 bits per heavy atom. The number of fused-ring (bicyclic) bond motifs is 1. The zero-order valence-corrected chi connectivity index (χ0v) is 11.8. The van der Waals surface area contributed by atoms with E-state index in [9.17, 15) is 9.59 Å². The molecule has 2 aromatic rings. The van der Waals surface area contributed by atoms with E-state index in [0.717, 1.165) is 10.9 Å². The van der Waals surface area contributed by atoms with Gasteiger partial charge < -0.3 is 9.72 Å². The molecule has 0 fully saturated rings. The van der Waals surface area contributed by atoms with Gasteiger partial charge in [0.15, 0.2) is 5.78 Å². The molecule has 0 saturated carbocycles. The molecule has 1 N–H and O–H groups in total. The number of nitrogens with one attached hydrogen (secondary N) is 1. The summed E-state index contributed by atoms with van der Waals surface area (Å²) in [4.78, 5) is 27.9. The molecular formula is C17H17NO3. The number of H-pyrrole nitrogens is 1. The number of rotatable bonds is 3. The van der Waals surface area contributed by atoms with Crippen LogP contribution in [-0.4, -0.2) is 23.8 Å². The maximum atomic E-state index is 12.8. The fourth-order valence-electron chi connectivity index (χ4n) is 2.99. The monoisotopic (exact) mass is 283 g/mol. The molecule has 0 saturated heterocycles. The van der Waals surface area contributed by atoms with E-state index in [2.05, 4.69) is 4.98 Å². The number of ether oxygens (including phenoxy) is 1. The van der Waals surface area contributed by atoms with E-state index in [1.54, 1.807) is 6.20 Å². The van der Waals surface area contributed by atoms with E-state index in [-0.39, 0.29) is 23.6 Å². The van der Waals surface area contributed by atoms with Crippen molar-refractivity contribution < 1.29 is 14.3 Å². The number of Topliss-reactive ketones (excluding diaryl/α,β-unsaturated/α-hetero) is 1. The van der Waals surface area contributed by atoms with Crippen LogP contribution in [0.25, 0.3) is 10.9 Å². The van der Waals surface area contributed by atoms with Crippen LogP contribution >= 0.6 is 0 Å². The largest absolute Gasteiger partial charge is 0.469 e. The molecular weight excluding hydrogens is 266 g/mol. The van der Waals surface area contributed by atoms with E-state index >= 15 is 0 Å². The van der Waals surface area contributed by atoms with Crippen LogP contribution in [0.3, 0.4) is 0 Å². The summed E-state index contributed by atoms with van der Waals surface area (Å²) in [6.45, 7) is 0. The predicted molar refractivity (Wildman–Crippen MR) is 80.0 cm³/mol. The topological polar surface area (TPSA) is 59.2 Å². The SMILES string of the molecule is COC(=O)[C@@H]1CC=CC[C@H]1C(=O)c1c[nH]c2ccccc12. The van der Waals surface area contributed by atoms with Gasteiger partial charge in [0.05, 0.1) is 13.0 Å². The van der Waals surface area contributed by atoms with Gasteiger partial charge in [0, 0.05) is 28.6 Å². The average Bonchev–Trinajstić information content (AvgIpc) is 2.97. The fraction of sp³-hybridized carbons (Fsp3) is 0.294. The second kappa shape index (κ2) is 5.56. The Morgan fingerprint density at radius 3 is 2.62 bits per heavy atom. The van der Waals surface area contributed by atoms with Gasteiger partial charge in [-0.15, -0.1) is 0 Å². The van der Waals surface area contributed by atoms with Gasteiger partial charge in [-0.05, 0) is 18.9 Å². The molecule has 2 atom stereocenters. The van der Waals surface area contributed by atoms with E-state index in [4.69, 9.17) is 4.74 Å². The highest BCUT2D eigenvalue weighted by Gasteiger charge is 2.35. The third kappa shape index (κ3) is 2.37. The van der Waals surface area contributed by atoms with Gasteiger partial charge in [0.2, 0.25) is 0 Å². The molecule has 1 aromatic carbocycles. The fourth-order valence-corrected chi connectivity index (χ4v) is 2.99. The van der Waals surface area contributed by atoms with Crippen molar-refractivity contribution in [1.82, 2.24) is 4.98 Å². The van der Waals surface area contributed by atoms with E-state index in [1.165, 1.54) is 7.11 Å². The molecule has 0 aliphatic heterocycles. The summed E-state index contributed by atoms with van der Waals surface area (Å²) in [6.07, 6.45) is 6.79. The Balaban J connectivity index is 1.96. The Labute approximate surface area is 122 Å². The summed E-state index contributed by atoms with van der Waals surface area (Å²) >= 11 is 0. The number of methoxy groups -OCH3 is 1. The standard InChI is InChI=1S/C17H17NO3/c1-21-17(20)13-8-3-2-7-12(13)16(19)14-10-18-15-9-5-4-6-11(14)15/h2-6,9-10,12-13,18H,7-8H2,1H3/t12-,13-/m1/s1. The second-order valence-electron chi connectivity index (χ2n) is 5.29. The molecule has 0 bridgehead atoms. The number of allylic oxidation sites excluding steroid dienone is 2. The first-order chi connectivity index (χ1) is 10.2. The molecule has 4 nitrogen and oxygen atoms in total. The number of hydrogen-bond acceptors (Lipinski definition) is 3. The minimum atomic E-state index is -0.388. The normalized spacial score (nSPS) is 21.4. The zero-order chi connectivity index (χ0) is 14.8. The molecule has 4 heteroatoms. The van der Waals surface area contributed by atoms with Gasteiger partial charge in [-0.3, -0.25) is 9.59 Å². The first-order valence-electron chi connectivity index (χ1n) is 7.05. The molecule has 0 radical (unpaired) electrons. The summed E-state index contributed by atoms with van der Waals surface area (Å²) in [5.41, 5.74) is 1.58. The first kappa shape index (κ1) is 13.6. The van der Waals surface area contributed by atoms with Crippen LogP contribution in [0.5, 0.6) is 0 Å². The quantitative estimate of drug-likeness (QED) is 0.535. The van der Waals surface area contributed by atoms with Crippen molar-refractivity contribution >= 4 is 22.7 Å². The van der Waals surface area contributed by atoms with E-state index in [1.807, 2.05) is 36.4 Å². The summed E-state index contributed by atoms with van der Waals surface area (Å²) in [5, 5.41) is 0.903. The Bertz CT molecular complexity index is 714. The van der Waals surface area contributed by atoms with Gasteiger partial charge in [-0.2, -0.15) is 0 Å². The molecule has 0 amide bonds. The van der Waals surface area contributed by atoms with Crippen LogP contribution in [0.15, 0.2) is 42.6 Å². The maximum Gasteiger partial charge on any atom is 0.309 e. The molecule has 108 valence electrons. The number of hydrogen-bond donors (Lipinski definition) is 1. The number of benzene rings is 1. The first-order valence-corrected chi connectivity index (χ1v) is 7.05. The minimum Gasteiger partial charge on any atom is -0.469 e. The molecule has 0 unspecified atom stereocenters. The van der Waals surface area contributed by atoms with Crippen molar-refractivity contribution in [2.45, 2.75) is 12.8 Å². The predicted octanol–water partition coefficient (Wildman–Crippen LogP) is 3.11. The van der Waals surface area contributed by atoms with Crippen molar-refractivity contribution in [2.75, 3.05) is 7.11 Å².